The molecule has 3 aromatic rings. The van der Waals surface area contributed by atoms with Crippen molar-refractivity contribution in [1.82, 2.24) is 24.7 Å². The summed E-state index contributed by atoms with van der Waals surface area (Å²) in [7, 11) is 0. The fourth-order valence-corrected chi connectivity index (χ4v) is 6.78. The van der Waals surface area contributed by atoms with E-state index in [1.807, 2.05) is 13.8 Å². The van der Waals surface area contributed by atoms with E-state index < -0.39 is 0 Å². The highest BCUT2D eigenvalue weighted by Crippen LogP contribution is 2.30. The Morgan fingerprint density at radius 3 is 2.17 bits per heavy atom. The fraction of sp³-hybridized carbons (Fsp3) is 0.538. The molecule has 1 N–H and O–H groups in total. The van der Waals surface area contributed by atoms with Crippen LogP contribution < -0.4 is 15.9 Å². The molecule has 0 bridgehead atoms. The monoisotopic (exact) mass is 624 g/mol. The largest absolute Gasteiger partial charge is 0.379 e. The number of aromatic nitrogens is 2. The van der Waals surface area contributed by atoms with Crippen LogP contribution in [0.4, 0.5) is 5.82 Å². The molecule has 3 heterocycles. The number of hydrogen-bond donors (Lipinski definition) is 1. The Kier molecular flexibility index (Phi) is 13.2. The van der Waals surface area contributed by atoms with Crippen molar-refractivity contribution in [2.24, 2.45) is 0 Å². The predicted molar refractivity (Wildman–Crippen MR) is 191 cm³/mol. The molecule has 0 amide bonds. The van der Waals surface area contributed by atoms with Crippen LogP contribution in [0, 0.1) is 6.92 Å². The van der Waals surface area contributed by atoms with E-state index in [2.05, 4.69) is 94.5 Å². The van der Waals surface area contributed by atoms with Gasteiger partial charge in [0.25, 0.3) is 0 Å². The average Bonchev–Trinajstić information content (AvgIpc) is 3.10. The number of rotatable bonds is 12. The molecule has 1 atom stereocenters. The molecule has 7 nitrogen and oxygen atoms in total. The van der Waals surface area contributed by atoms with E-state index in [9.17, 15) is 0 Å². The number of anilines is 1. The smallest absolute Gasteiger partial charge is 0.145 e. The number of benzene rings is 2. The summed E-state index contributed by atoms with van der Waals surface area (Å²) in [6.45, 7) is 19.1. The van der Waals surface area contributed by atoms with Gasteiger partial charge in [0, 0.05) is 51.0 Å². The molecular formula is C39H56N6O. The summed E-state index contributed by atoms with van der Waals surface area (Å²) in [5.41, 5.74) is 5.49. The van der Waals surface area contributed by atoms with E-state index in [0.717, 1.165) is 115 Å². The Bertz CT molecular complexity index is 1460. The lowest BCUT2D eigenvalue weighted by Gasteiger charge is -2.39. The molecule has 6 rings (SSSR count). The molecule has 2 aliphatic heterocycles. The second-order valence-electron chi connectivity index (χ2n) is 12.6. The Hall–Kier alpha value is -3.10. The molecular weight excluding hydrogens is 568 g/mol. The van der Waals surface area contributed by atoms with Crippen LogP contribution in [0.2, 0.25) is 0 Å². The minimum atomic E-state index is 0.270. The predicted octanol–water partition coefficient (Wildman–Crippen LogP) is 5.16. The Labute approximate surface area is 277 Å². The van der Waals surface area contributed by atoms with E-state index in [-0.39, 0.29) is 6.04 Å². The quantitative estimate of drug-likeness (QED) is 0.280. The van der Waals surface area contributed by atoms with E-state index in [4.69, 9.17) is 14.7 Å². The zero-order valence-electron chi connectivity index (χ0n) is 28.8. The molecule has 2 saturated heterocycles. The zero-order valence-corrected chi connectivity index (χ0v) is 28.8. The van der Waals surface area contributed by atoms with Gasteiger partial charge in [-0.3, -0.25) is 14.7 Å². The lowest BCUT2D eigenvalue weighted by Crippen LogP contribution is -2.48. The number of piperazine rings is 1. The maximum Gasteiger partial charge on any atom is 0.145 e. The van der Waals surface area contributed by atoms with Crippen LogP contribution in [0.1, 0.15) is 80.6 Å². The number of nitrogens with one attached hydrogen (secondary N) is 1. The van der Waals surface area contributed by atoms with Gasteiger partial charge in [-0.15, -0.1) is 0 Å². The number of aryl methyl sites for hydroxylation is 2. The van der Waals surface area contributed by atoms with Crippen molar-refractivity contribution in [2.45, 2.75) is 72.4 Å². The molecule has 1 aliphatic carbocycles. The van der Waals surface area contributed by atoms with Gasteiger partial charge in [0.05, 0.1) is 31.1 Å². The highest BCUT2D eigenvalue weighted by atomic mass is 16.5. The highest BCUT2D eigenvalue weighted by Gasteiger charge is 2.27. The van der Waals surface area contributed by atoms with Crippen LogP contribution in [0.3, 0.4) is 0 Å². The van der Waals surface area contributed by atoms with Gasteiger partial charge in [-0.2, -0.15) is 0 Å². The van der Waals surface area contributed by atoms with Gasteiger partial charge in [-0.1, -0.05) is 93.4 Å². The first-order valence-corrected chi connectivity index (χ1v) is 17.9. The first-order valence-electron chi connectivity index (χ1n) is 17.9. The third-order valence-corrected chi connectivity index (χ3v) is 9.29. The Morgan fingerprint density at radius 1 is 0.804 bits per heavy atom. The highest BCUT2D eigenvalue weighted by molar-refractivity contribution is 5.47. The normalized spacial score (nSPS) is 18.0. The number of nitrogens with zero attached hydrogens (tertiary/aromatic N) is 5. The summed E-state index contributed by atoms with van der Waals surface area (Å²) in [4.78, 5) is 17.8. The summed E-state index contributed by atoms with van der Waals surface area (Å²) in [5, 5.41) is 5.96. The summed E-state index contributed by atoms with van der Waals surface area (Å²) in [5.74, 6) is 1.94. The van der Waals surface area contributed by atoms with E-state index in [1.54, 1.807) is 0 Å². The number of hydrogen-bond acceptors (Lipinski definition) is 7. The van der Waals surface area contributed by atoms with Crippen molar-refractivity contribution >= 4 is 18.0 Å². The van der Waals surface area contributed by atoms with E-state index in [1.165, 1.54) is 33.9 Å². The van der Waals surface area contributed by atoms with Crippen molar-refractivity contribution in [2.75, 3.05) is 70.9 Å². The molecule has 1 unspecified atom stereocenters. The molecule has 46 heavy (non-hydrogen) atoms. The second-order valence-corrected chi connectivity index (χ2v) is 12.6. The maximum absolute atomic E-state index is 5.50. The van der Waals surface area contributed by atoms with Crippen LogP contribution >= 0.6 is 0 Å². The van der Waals surface area contributed by atoms with Gasteiger partial charge in [-0.05, 0) is 55.8 Å². The summed E-state index contributed by atoms with van der Waals surface area (Å²) >= 11 is 0. The number of ether oxygens (including phenoxy) is 1. The number of fused-ring (bicyclic) bond motifs is 1. The molecule has 0 spiro atoms. The SMILES string of the molecule is CC.CCCc1ccc(C(c2ccc(C)cc2)N2CCN(Cc3nc(NCCCN4CCOCC4)c4c(n3)=CCCC=4)CC2)cc1. The van der Waals surface area contributed by atoms with Crippen molar-refractivity contribution in [1.29, 1.82) is 0 Å². The minimum Gasteiger partial charge on any atom is -0.379 e. The van der Waals surface area contributed by atoms with Gasteiger partial charge in [0.15, 0.2) is 0 Å². The minimum absolute atomic E-state index is 0.270. The maximum atomic E-state index is 5.50. The Morgan fingerprint density at radius 2 is 1.48 bits per heavy atom. The molecule has 0 saturated carbocycles. The van der Waals surface area contributed by atoms with Gasteiger partial charge < -0.3 is 10.1 Å². The first kappa shape index (κ1) is 34.2. The molecule has 1 aromatic heterocycles. The number of morpholine rings is 1. The molecule has 3 aliphatic rings. The average molecular weight is 625 g/mol. The summed E-state index contributed by atoms with van der Waals surface area (Å²) in [6, 6.07) is 18.8. The van der Waals surface area contributed by atoms with Crippen LogP contribution in [-0.4, -0.2) is 90.2 Å². The Balaban J connectivity index is 0.00000204. The molecule has 2 aromatic carbocycles. The lowest BCUT2D eigenvalue weighted by molar-refractivity contribution is 0.0378. The lowest BCUT2D eigenvalue weighted by atomic mass is 9.94. The third-order valence-electron chi connectivity index (χ3n) is 9.29. The van der Waals surface area contributed by atoms with Crippen molar-refractivity contribution in [3.8, 4) is 0 Å². The van der Waals surface area contributed by atoms with Crippen molar-refractivity contribution in [3.05, 3.63) is 87.2 Å². The fourth-order valence-electron chi connectivity index (χ4n) is 6.78. The topological polar surface area (TPSA) is 56.8 Å². The van der Waals surface area contributed by atoms with E-state index in [0.29, 0.717) is 0 Å². The van der Waals surface area contributed by atoms with Crippen molar-refractivity contribution < 1.29 is 4.74 Å². The van der Waals surface area contributed by atoms with Crippen LogP contribution in [0.5, 0.6) is 0 Å². The molecule has 7 heteroatoms. The van der Waals surface area contributed by atoms with Gasteiger partial charge >= 0.3 is 0 Å². The summed E-state index contributed by atoms with van der Waals surface area (Å²) in [6.07, 6.45) is 10.1. The van der Waals surface area contributed by atoms with Crippen molar-refractivity contribution in [3.63, 3.8) is 0 Å². The van der Waals surface area contributed by atoms with Gasteiger partial charge in [0.1, 0.15) is 11.6 Å². The van der Waals surface area contributed by atoms with Crippen LogP contribution in [0.15, 0.2) is 48.5 Å². The first-order chi connectivity index (χ1) is 22.7. The second kappa shape index (κ2) is 17.7. The van der Waals surface area contributed by atoms with Gasteiger partial charge in [0.2, 0.25) is 0 Å². The molecule has 2 fully saturated rings. The molecule has 0 radical (unpaired) electrons. The third kappa shape index (κ3) is 9.25. The van der Waals surface area contributed by atoms with E-state index >= 15 is 0 Å². The zero-order chi connectivity index (χ0) is 32.1. The summed E-state index contributed by atoms with van der Waals surface area (Å²) < 4.78 is 5.50. The van der Waals surface area contributed by atoms with Gasteiger partial charge in [-0.25, -0.2) is 9.97 Å². The molecule has 248 valence electrons. The van der Waals surface area contributed by atoms with Crippen LogP contribution in [0.25, 0.3) is 12.2 Å². The van der Waals surface area contributed by atoms with Crippen LogP contribution in [-0.2, 0) is 17.7 Å². The standard InChI is InChI=1S/C37H50N6O.C2H6/c1-3-7-30-12-16-32(17-13-30)36(31-14-10-29(2)11-15-31)43-22-20-42(21-23-43)28-35-39-34-9-5-4-8-33(34)37(40-35)38-18-6-19-41-24-26-44-27-25-41;1-2/h8-17,36H,3-7,18-28H2,1-2H3,(H,38,39,40);1-2H3.